The summed E-state index contributed by atoms with van der Waals surface area (Å²) in [6.45, 7) is 8.53. The second kappa shape index (κ2) is 7.25. The summed E-state index contributed by atoms with van der Waals surface area (Å²) in [7, 11) is 0. The minimum Gasteiger partial charge on any atom is -0.391 e. The van der Waals surface area contributed by atoms with Crippen LogP contribution in [0, 0.1) is 0 Å². The van der Waals surface area contributed by atoms with E-state index < -0.39 is 0 Å². The fraction of sp³-hybridized carbons (Fsp3) is 0.938. The van der Waals surface area contributed by atoms with Crippen LogP contribution in [-0.4, -0.2) is 96.4 Å². The number of hydrogen-bond donors (Lipinski definition) is 1. The van der Waals surface area contributed by atoms with Crippen LogP contribution in [-0.2, 0) is 9.53 Å². The maximum atomic E-state index is 12.7. The zero-order valence-electron chi connectivity index (χ0n) is 13.6. The van der Waals surface area contributed by atoms with E-state index in [9.17, 15) is 9.90 Å². The highest BCUT2D eigenvalue weighted by molar-refractivity contribution is 5.81. The molecule has 3 fully saturated rings. The normalized spacial score (nSPS) is 33.1. The van der Waals surface area contributed by atoms with Gasteiger partial charge in [-0.2, -0.15) is 0 Å². The molecule has 2 saturated heterocycles. The van der Waals surface area contributed by atoms with Gasteiger partial charge in [-0.05, 0) is 26.2 Å². The van der Waals surface area contributed by atoms with Gasteiger partial charge in [0, 0.05) is 45.3 Å². The molecule has 0 spiro atoms. The maximum absolute atomic E-state index is 12.7. The number of morpholine rings is 1. The van der Waals surface area contributed by atoms with Crippen molar-refractivity contribution in [1.29, 1.82) is 0 Å². The first-order chi connectivity index (χ1) is 10.7. The van der Waals surface area contributed by atoms with Crippen LogP contribution >= 0.6 is 0 Å². The van der Waals surface area contributed by atoms with Crippen molar-refractivity contribution < 1.29 is 14.6 Å². The lowest BCUT2D eigenvalue weighted by atomic mass is 10.1. The van der Waals surface area contributed by atoms with Crippen LogP contribution in [0.15, 0.2) is 0 Å². The Kier molecular flexibility index (Phi) is 5.33. The van der Waals surface area contributed by atoms with E-state index in [2.05, 4.69) is 9.80 Å². The van der Waals surface area contributed by atoms with Crippen LogP contribution in [0.1, 0.15) is 26.2 Å². The molecule has 22 heavy (non-hydrogen) atoms. The van der Waals surface area contributed by atoms with Gasteiger partial charge in [0.25, 0.3) is 0 Å². The minimum absolute atomic E-state index is 0.0486. The van der Waals surface area contributed by atoms with Gasteiger partial charge >= 0.3 is 0 Å². The highest BCUT2D eigenvalue weighted by Gasteiger charge is 2.35. The van der Waals surface area contributed by atoms with Gasteiger partial charge in [-0.15, -0.1) is 0 Å². The summed E-state index contributed by atoms with van der Waals surface area (Å²) in [6.07, 6.45) is 2.98. The third kappa shape index (κ3) is 3.45. The van der Waals surface area contributed by atoms with Crippen molar-refractivity contribution >= 4 is 5.91 Å². The van der Waals surface area contributed by atoms with E-state index in [1.165, 1.54) is 0 Å². The largest absolute Gasteiger partial charge is 0.391 e. The predicted molar refractivity (Wildman–Crippen MR) is 83.7 cm³/mol. The molecule has 0 aromatic carbocycles. The number of ether oxygens (including phenoxy) is 1. The Hall–Kier alpha value is -0.690. The Morgan fingerprint density at radius 3 is 2.36 bits per heavy atom. The van der Waals surface area contributed by atoms with Crippen molar-refractivity contribution in [2.24, 2.45) is 0 Å². The monoisotopic (exact) mass is 311 g/mol. The lowest BCUT2D eigenvalue weighted by Crippen LogP contribution is -2.57. The van der Waals surface area contributed by atoms with Crippen molar-refractivity contribution in [2.45, 2.75) is 44.4 Å². The van der Waals surface area contributed by atoms with Gasteiger partial charge < -0.3 is 14.7 Å². The van der Waals surface area contributed by atoms with E-state index in [0.717, 1.165) is 71.7 Å². The van der Waals surface area contributed by atoms with E-state index in [-0.39, 0.29) is 18.1 Å². The number of hydrogen-bond acceptors (Lipinski definition) is 5. The first kappa shape index (κ1) is 16.2. The molecule has 0 aromatic rings. The zero-order valence-corrected chi connectivity index (χ0v) is 13.6. The minimum atomic E-state index is -0.172. The molecule has 126 valence electrons. The van der Waals surface area contributed by atoms with E-state index in [4.69, 9.17) is 4.74 Å². The van der Waals surface area contributed by atoms with Crippen molar-refractivity contribution in [1.82, 2.24) is 14.7 Å². The Labute approximate surface area is 133 Å². The third-order valence-electron chi connectivity index (χ3n) is 5.49. The number of nitrogens with zero attached hydrogens (tertiary/aromatic N) is 3. The number of piperazine rings is 1. The molecule has 0 radical (unpaired) electrons. The highest BCUT2D eigenvalue weighted by Crippen LogP contribution is 2.25. The van der Waals surface area contributed by atoms with E-state index in [1.807, 2.05) is 11.8 Å². The second-order valence-corrected chi connectivity index (χ2v) is 6.75. The average Bonchev–Trinajstić information content (AvgIpc) is 3.00. The average molecular weight is 311 g/mol. The summed E-state index contributed by atoms with van der Waals surface area (Å²) >= 11 is 0. The molecule has 1 aliphatic carbocycles. The molecule has 0 unspecified atom stereocenters. The Morgan fingerprint density at radius 2 is 1.77 bits per heavy atom. The quantitative estimate of drug-likeness (QED) is 0.780. The Bertz CT molecular complexity index is 379. The number of amides is 1. The zero-order chi connectivity index (χ0) is 15.5. The van der Waals surface area contributed by atoms with Crippen molar-refractivity contribution in [3.05, 3.63) is 0 Å². The molecule has 3 rings (SSSR count). The van der Waals surface area contributed by atoms with Gasteiger partial charge in [-0.3, -0.25) is 14.6 Å². The van der Waals surface area contributed by atoms with Gasteiger partial charge in [-0.25, -0.2) is 0 Å². The Balaban J connectivity index is 1.49. The number of rotatable bonds is 3. The van der Waals surface area contributed by atoms with Crippen LogP contribution in [0.4, 0.5) is 0 Å². The van der Waals surface area contributed by atoms with E-state index in [0.29, 0.717) is 6.04 Å². The smallest absolute Gasteiger partial charge is 0.239 e. The summed E-state index contributed by atoms with van der Waals surface area (Å²) in [5, 5.41) is 10.0. The fourth-order valence-electron chi connectivity index (χ4n) is 4.01. The molecular formula is C16H29N3O3. The van der Waals surface area contributed by atoms with Crippen LogP contribution in [0.3, 0.4) is 0 Å². The molecule has 3 atom stereocenters. The fourth-order valence-corrected chi connectivity index (χ4v) is 4.01. The standard InChI is InChI=1S/C16H29N3O3/c1-13(17-9-11-22-12-10-17)16(21)19-7-5-18(6-8-19)14-3-2-4-15(14)20/h13-15,20H,2-12H2,1H3/t13-,14-,15-/m1/s1. The van der Waals surface area contributed by atoms with Crippen molar-refractivity contribution in [2.75, 3.05) is 52.5 Å². The van der Waals surface area contributed by atoms with Crippen molar-refractivity contribution in [3.63, 3.8) is 0 Å². The van der Waals surface area contributed by atoms with Crippen LogP contribution in [0.25, 0.3) is 0 Å². The van der Waals surface area contributed by atoms with Gasteiger partial charge in [0.1, 0.15) is 0 Å². The predicted octanol–water partition coefficient (Wildman–Crippen LogP) is -0.235. The first-order valence-electron chi connectivity index (χ1n) is 8.69. The summed E-state index contributed by atoms with van der Waals surface area (Å²) in [4.78, 5) is 19.3. The maximum Gasteiger partial charge on any atom is 0.239 e. The number of carbonyl (C=O) groups is 1. The summed E-state index contributed by atoms with van der Waals surface area (Å²) in [5.74, 6) is 0.244. The van der Waals surface area contributed by atoms with Crippen LogP contribution in [0.2, 0.25) is 0 Å². The summed E-state index contributed by atoms with van der Waals surface area (Å²) < 4.78 is 5.36. The second-order valence-electron chi connectivity index (χ2n) is 6.75. The van der Waals surface area contributed by atoms with E-state index in [1.54, 1.807) is 0 Å². The summed E-state index contributed by atoms with van der Waals surface area (Å²) in [5.41, 5.74) is 0. The van der Waals surface area contributed by atoms with Gasteiger partial charge in [-0.1, -0.05) is 0 Å². The van der Waals surface area contributed by atoms with Crippen molar-refractivity contribution in [3.8, 4) is 0 Å². The number of aliphatic hydroxyl groups excluding tert-OH is 1. The van der Waals surface area contributed by atoms with Gasteiger partial charge in [0.05, 0.1) is 25.4 Å². The molecule has 1 saturated carbocycles. The SMILES string of the molecule is C[C@H](C(=O)N1CCN([C@@H]2CCC[C@H]2O)CC1)N1CCOCC1. The third-order valence-corrected chi connectivity index (χ3v) is 5.49. The number of carbonyl (C=O) groups excluding carboxylic acids is 1. The molecule has 0 aromatic heterocycles. The highest BCUT2D eigenvalue weighted by atomic mass is 16.5. The summed E-state index contributed by atoms with van der Waals surface area (Å²) in [6, 6.07) is 0.265. The van der Waals surface area contributed by atoms with E-state index >= 15 is 0 Å². The molecule has 6 heteroatoms. The molecule has 2 aliphatic heterocycles. The van der Waals surface area contributed by atoms with Gasteiger partial charge in [0.15, 0.2) is 0 Å². The molecule has 6 nitrogen and oxygen atoms in total. The molecule has 1 N–H and O–H groups in total. The molecule has 1 amide bonds. The van der Waals surface area contributed by atoms with Gasteiger partial charge in [0.2, 0.25) is 5.91 Å². The molecule has 3 aliphatic rings. The number of aliphatic hydroxyl groups is 1. The van der Waals surface area contributed by atoms with Crippen LogP contribution in [0.5, 0.6) is 0 Å². The lowest BCUT2D eigenvalue weighted by molar-refractivity contribution is -0.140. The Morgan fingerprint density at radius 1 is 1.09 bits per heavy atom. The molecular weight excluding hydrogens is 282 g/mol. The topological polar surface area (TPSA) is 56.2 Å². The molecule has 0 bridgehead atoms. The first-order valence-corrected chi connectivity index (χ1v) is 8.69. The molecule has 2 heterocycles. The lowest BCUT2D eigenvalue weighted by Gasteiger charge is -2.41. The van der Waals surface area contributed by atoms with Crippen LogP contribution < -0.4 is 0 Å².